The van der Waals surface area contributed by atoms with E-state index in [1.54, 1.807) is 16.7 Å². The summed E-state index contributed by atoms with van der Waals surface area (Å²) in [5.74, 6) is 1.00. The molecule has 140 valence electrons. The molecule has 3 rings (SSSR count). The lowest BCUT2D eigenvalue weighted by Crippen LogP contribution is -2.38. The van der Waals surface area contributed by atoms with Crippen molar-refractivity contribution >= 4 is 23.4 Å². The lowest BCUT2D eigenvalue weighted by atomic mass is 10.2. The molecule has 0 saturated carbocycles. The van der Waals surface area contributed by atoms with E-state index in [-0.39, 0.29) is 17.7 Å². The number of hydrogen-bond donors (Lipinski definition) is 0. The molecule has 0 saturated heterocycles. The molecule has 1 amide bonds. The van der Waals surface area contributed by atoms with Crippen molar-refractivity contribution in [2.75, 3.05) is 17.8 Å². The maximum Gasteiger partial charge on any atom is 0.237 e. The van der Waals surface area contributed by atoms with E-state index in [1.165, 1.54) is 11.8 Å². The van der Waals surface area contributed by atoms with E-state index in [9.17, 15) is 4.79 Å². The number of rotatable bonds is 7. The standard InChI is InChI=1S/C19H21N5O2S/c1-14(2)23(15-7-5-4-6-8-15)18(25)13-27-19-20-21-22-24(19)16-9-11-17(26-3)12-10-16/h4-12,14H,13H2,1-3H3. The van der Waals surface area contributed by atoms with E-state index in [2.05, 4.69) is 15.5 Å². The van der Waals surface area contributed by atoms with Crippen LogP contribution in [0.25, 0.3) is 5.69 Å². The molecule has 1 heterocycles. The number of benzene rings is 2. The Kier molecular flexibility index (Phi) is 6.08. The third kappa shape index (κ3) is 4.46. The minimum absolute atomic E-state index is 0.00507. The minimum atomic E-state index is 0.00507. The molecule has 0 fully saturated rings. The fourth-order valence-electron chi connectivity index (χ4n) is 2.67. The molecule has 0 aliphatic heterocycles. The summed E-state index contributed by atoms with van der Waals surface area (Å²) in [6, 6.07) is 17.1. The van der Waals surface area contributed by atoms with Gasteiger partial charge in [0.2, 0.25) is 11.1 Å². The number of tetrazole rings is 1. The first-order chi connectivity index (χ1) is 13.1. The van der Waals surface area contributed by atoms with Crippen molar-refractivity contribution in [2.45, 2.75) is 25.0 Å². The van der Waals surface area contributed by atoms with Crippen molar-refractivity contribution < 1.29 is 9.53 Å². The van der Waals surface area contributed by atoms with Crippen molar-refractivity contribution in [1.82, 2.24) is 20.2 Å². The first-order valence-corrected chi connectivity index (χ1v) is 9.51. The molecule has 0 aliphatic carbocycles. The van der Waals surface area contributed by atoms with Gasteiger partial charge in [-0.15, -0.1) is 5.10 Å². The van der Waals surface area contributed by atoms with Crippen LogP contribution in [0.15, 0.2) is 59.8 Å². The van der Waals surface area contributed by atoms with Gasteiger partial charge in [0.1, 0.15) is 5.75 Å². The second-order valence-electron chi connectivity index (χ2n) is 6.05. The molecule has 0 atom stereocenters. The highest BCUT2D eigenvalue weighted by Crippen LogP contribution is 2.23. The highest BCUT2D eigenvalue weighted by atomic mass is 32.2. The smallest absolute Gasteiger partial charge is 0.237 e. The third-order valence-electron chi connectivity index (χ3n) is 3.90. The molecule has 3 aromatic rings. The van der Waals surface area contributed by atoms with Gasteiger partial charge in [0.15, 0.2) is 0 Å². The molecule has 8 heteroatoms. The van der Waals surface area contributed by atoms with Gasteiger partial charge in [-0.3, -0.25) is 4.79 Å². The molecule has 7 nitrogen and oxygen atoms in total. The van der Waals surface area contributed by atoms with Gasteiger partial charge < -0.3 is 9.64 Å². The Morgan fingerprint density at radius 3 is 2.48 bits per heavy atom. The van der Waals surface area contributed by atoms with E-state index in [1.807, 2.05) is 68.4 Å². The molecule has 0 unspecified atom stereocenters. The average molecular weight is 383 g/mol. The Bertz CT molecular complexity index is 881. The molecule has 0 aliphatic rings. The Labute approximate surface area is 162 Å². The number of amides is 1. The van der Waals surface area contributed by atoms with Crippen molar-refractivity contribution in [3.05, 3.63) is 54.6 Å². The maximum atomic E-state index is 12.8. The first kappa shape index (κ1) is 18.9. The Morgan fingerprint density at radius 1 is 1.15 bits per heavy atom. The quantitative estimate of drug-likeness (QED) is 0.584. The van der Waals surface area contributed by atoms with E-state index < -0.39 is 0 Å². The van der Waals surface area contributed by atoms with E-state index >= 15 is 0 Å². The number of para-hydroxylation sites is 1. The number of thioether (sulfide) groups is 1. The minimum Gasteiger partial charge on any atom is -0.497 e. The monoisotopic (exact) mass is 383 g/mol. The Hall–Kier alpha value is -2.87. The summed E-state index contributed by atoms with van der Waals surface area (Å²) in [6.45, 7) is 3.99. The molecule has 27 heavy (non-hydrogen) atoms. The average Bonchev–Trinajstić information content (AvgIpc) is 3.16. The fourth-order valence-corrected chi connectivity index (χ4v) is 3.42. The number of ether oxygens (including phenoxy) is 1. The topological polar surface area (TPSA) is 73.1 Å². The lowest BCUT2D eigenvalue weighted by molar-refractivity contribution is -0.116. The van der Waals surface area contributed by atoms with Gasteiger partial charge in [-0.2, -0.15) is 4.68 Å². The molecule has 0 bridgehead atoms. The lowest BCUT2D eigenvalue weighted by Gasteiger charge is -2.26. The molecule has 0 radical (unpaired) electrons. The highest BCUT2D eigenvalue weighted by Gasteiger charge is 2.20. The zero-order chi connectivity index (χ0) is 19.2. The number of methoxy groups -OCH3 is 1. The number of nitrogens with zero attached hydrogens (tertiary/aromatic N) is 5. The fraction of sp³-hybridized carbons (Fsp3) is 0.263. The van der Waals surface area contributed by atoms with Crippen LogP contribution in [0.1, 0.15) is 13.8 Å². The van der Waals surface area contributed by atoms with Crippen LogP contribution < -0.4 is 9.64 Å². The summed E-state index contributed by atoms with van der Waals surface area (Å²) < 4.78 is 6.78. The number of carbonyl (C=O) groups excluding carboxylic acids is 1. The zero-order valence-electron chi connectivity index (χ0n) is 15.4. The largest absolute Gasteiger partial charge is 0.497 e. The number of hydrogen-bond acceptors (Lipinski definition) is 6. The van der Waals surface area contributed by atoms with Crippen LogP contribution in [-0.2, 0) is 4.79 Å². The van der Waals surface area contributed by atoms with Crippen molar-refractivity contribution in [2.24, 2.45) is 0 Å². The molecule has 2 aromatic carbocycles. The van der Waals surface area contributed by atoms with Crippen molar-refractivity contribution in [1.29, 1.82) is 0 Å². The number of anilines is 1. The van der Waals surface area contributed by atoms with Crippen molar-refractivity contribution in [3.63, 3.8) is 0 Å². The number of carbonyl (C=O) groups is 1. The van der Waals surface area contributed by atoms with Gasteiger partial charge in [0, 0.05) is 11.7 Å². The predicted molar refractivity (Wildman–Crippen MR) is 105 cm³/mol. The van der Waals surface area contributed by atoms with Gasteiger partial charge in [0.05, 0.1) is 18.6 Å². The maximum absolute atomic E-state index is 12.8. The first-order valence-electron chi connectivity index (χ1n) is 8.53. The van der Waals surface area contributed by atoms with Gasteiger partial charge in [-0.25, -0.2) is 0 Å². The Balaban J connectivity index is 1.73. The van der Waals surface area contributed by atoms with E-state index in [0.29, 0.717) is 5.16 Å². The molecule has 0 spiro atoms. The van der Waals surface area contributed by atoms with Crippen molar-refractivity contribution in [3.8, 4) is 11.4 Å². The van der Waals surface area contributed by atoms with Crippen LogP contribution in [-0.4, -0.2) is 45.0 Å². The summed E-state index contributed by atoms with van der Waals surface area (Å²) in [5.41, 5.74) is 1.69. The molecular weight excluding hydrogens is 362 g/mol. The molecular formula is C19H21N5O2S. The van der Waals surface area contributed by atoms with E-state index in [0.717, 1.165) is 17.1 Å². The predicted octanol–water partition coefficient (Wildman–Crippen LogP) is 3.20. The van der Waals surface area contributed by atoms with Crippen LogP contribution >= 0.6 is 11.8 Å². The van der Waals surface area contributed by atoms with Crippen LogP contribution in [0.4, 0.5) is 5.69 Å². The van der Waals surface area contributed by atoms with Crippen LogP contribution in [0.3, 0.4) is 0 Å². The van der Waals surface area contributed by atoms with Gasteiger partial charge in [0.25, 0.3) is 0 Å². The van der Waals surface area contributed by atoms with Gasteiger partial charge >= 0.3 is 0 Å². The van der Waals surface area contributed by atoms with Gasteiger partial charge in [-0.1, -0.05) is 30.0 Å². The summed E-state index contributed by atoms with van der Waals surface area (Å²) in [7, 11) is 1.62. The van der Waals surface area contributed by atoms with E-state index in [4.69, 9.17) is 4.74 Å². The summed E-state index contributed by atoms with van der Waals surface area (Å²) in [6.07, 6.45) is 0. The zero-order valence-corrected chi connectivity index (χ0v) is 16.3. The Morgan fingerprint density at radius 2 is 1.85 bits per heavy atom. The van der Waals surface area contributed by atoms with Crippen LogP contribution in [0.5, 0.6) is 5.75 Å². The summed E-state index contributed by atoms with van der Waals surface area (Å²) in [5, 5.41) is 12.4. The SMILES string of the molecule is COc1ccc(-n2nnnc2SCC(=O)N(c2ccccc2)C(C)C)cc1. The summed E-state index contributed by atoms with van der Waals surface area (Å²) in [4.78, 5) is 14.6. The normalized spacial score (nSPS) is 10.8. The van der Waals surface area contributed by atoms with Crippen LogP contribution in [0, 0.1) is 0 Å². The van der Waals surface area contributed by atoms with Gasteiger partial charge in [-0.05, 0) is 60.7 Å². The molecule has 1 aromatic heterocycles. The summed E-state index contributed by atoms with van der Waals surface area (Å²) >= 11 is 1.31. The third-order valence-corrected chi connectivity index (χ3v) is 4.81. The highest BCUT2D eigenvalue weighted by molar-refractivity contribution is 7.99. The van der Waals surface area contributed by atoms with Crippen LogP contribution in [0.2, 0.25) is 0 Å². The second-order valence-corrected chi connectivity index (χ2v) is 7.00. The second kappa shape index (κ2) is 8.68. The molecule has 0 N–H and O–H groups in total. The number of aromatic nitrogens is 4.